The van der Waals surface area contributed by atoms with E-state index in [2.05, 4.69) is 16.6 Å². The average molecular weight is 266 g/mol. The zero-order chi connectivity index (χ0) is 13.5. The molecule has 0 atom stereocenters. The maximum Gasteiger partial charge on any atom is 0.337 e. The number of ether oxygens (including phenoxy) is 1. The Morgan fingerprint density at radius 2 is 2.11 bits per heavy atom. The van der Waals surface area contributed by atoms with Crippen molar-refractivity contribution in [2.24, 2.45) is 0 Å². The molecule has 0 amide bonds. The van der Waals surface area contributed by atoms with Crippen LogP contribution in [0.15, 0.2) is 18.2 Å². The SMILES string of the molecule is COC(=O)c1cc(F)cc(C#CCSC(C)=O)c1. The summed E-state index contributed by atoms with van der Waals surface area (Å²) >= 11 is 1.07. The Hall–Kier alpha value is -1.80. The number of hydrogen-bond acceptors (Lipinski definition) is 4. The number of benzene rings is 1. The van der Waals surface area contributed by atoms with Crippen LogP contribution in [0.3, 0.4) is 0 Å². The molecule has 18 heavy (non-hydrogen) atoms. The topological polar surface area (TPSA) is 43.4 Å². The van der Waals surface area contributed by atoms with Crippen LogP contribution in [0.4, 0.5) is 4.39 Å². The van der Waals surface area contributed by atoms with Gasteiger partial charge in [-0.05, 0) is 18.2 Å². The molecule has 0 bridgehead atoms. The van der Waals surface area contributed by atoms with E-state index >= 15 is 0 Å². The highest BCUT2D eigenvalue weighted by Gasteiger charge is 2.07. The van der Waals surface area contributed by atoms with Crippen molar-refractivity contribution in [2.45, 2.75) is 6.92 Å². The number of halogens is 1. The Bertz CT molecular complexity index is 529. The van der Waals surface area contributed by atoms with Crippen molar-refractivity contribution in [3.05, 3.63) is 35.1 Å². The van der Waals surface area contributed by atoms with Crippen molar-refractivity contribution in [2.75, 3.05) is 12.9 Å². The van der Waals surface area contributed by atoms with Gasteiger partial charge in [0.1, 0.15) is 5.82 Å². The molecule has 0 N–H and O–H groups in total. The second-order valence-electron chi connectivity index (χ2n) is 3.30. The molecule has 0 unspecified atom stereocenters. The van der Waals surface area contributed by atoms with Gasteiger partial charge in [-0.15, -0.1) is 0 Å². The highest BCUT2D eigenvalue weighted by molar-refractivity contribution is 8.13. The normalized spacial score (nSPS) is 9.28. The molecule has 1 aromatic rings. The van der Waals surface area contributed by atoms with Crippen molar-refractivity contribution in [1.29, 1.82) is 0 Å². The molecule has 0 aromatic heterocycles. The predicted molar refractivity (Wildman–Crippen MR) is 67.8 cm³/mol. The van der Waals surface area contributed by atoms with Crippen molar-refractivity contribution in [1.82, 2.24) is 0 Å². The summed E-state index contributed by atoms with van der Waals surface area (Å²) in [6, 6.07) is 3.75. The van der Waals surface area contributed by atoms with Gasteiger partial charge in [0, 0.05) is 12.5 Å². The van der Waals surface area contributed by atoms with E-state index in [0.29, 0.717) is 11.3 Å². The summed E-state index contributed by atoms with van der Waals surface area (Å²) < 4.78 is 17.7. The Balaban J connectivity index is 2.86. The summed E-state index contributed by atoms with van der Waals surface area (Å²) in [7, 11) is 1.22. The fourth-order valence-electron chi connectivity index (χ4n) is 1.17. The second kappa shape index (κ2) is 6.82. The monoisotopic (exact) mass is 266 g/mol. The first-order valence-electron chi connectivity index (χ1n) is 5.04. The Labute approximate surface area is 109 Å². The van der Waals surface area contributed by atoms with Crippen molar-refractivity contribution in [3.8, 4) is 11.8 Å². The molecule has 1 rings (SSSR count). The van der Waals surface area contributed by atoms with E-state index in [1.54, 1.807) is 0 Å². The third kappa shape index (κ3) is 4.60. The van der Waals surface area contributed by atoms with Crippen LogP contribution in [0.1, 0.15) is 22.8 Å². The first-order chi connectivity index (χ1) is 8.52. The first-order valence-corrected chi connectivity index (χ1v) is 6.02. The molecule has 5 heteroatoms. The molecule has 1 aromatic carbocycles. The number of methoxy groups -OCH3 is 1. The number of carbonyl (C=O) groups is 2. The molecule has 0 saturated carbocycles. The van der Waals surface area contributed by atoms with Crippen molar-refractivity contribution < 1.29 is 18.7 Å². The number of esters is 1. The molecule has 94 valence electrons. The third-order valence-electron chi connectivity index (χ3n) is 1.90. The van der Waals surface area contributed by atoms with E-state index in [1.165, 1.54) is 26.2 Å². The van der Waals surface area contributed by atoms with Crippen LogP contribution in [0.5, 0.6) is 0 Å². The number of thioether (sulfide) groups is 1. The molecule has 3 nitrogen and oxygen atoms in total. The largest absolute Gasteiger partial charge is 0.465 e. The van der Waals surface area contributed by atoms with Crippen LogP contribution >= 0.6 is 11.8 Å². The van der Waals surface area contributed by atoms with E-state index in [9.17, 15) is 14.0 Å². The Morgan fingerprint density at radius 1 is 1.39 bits per heavy atom. The maximum atomic E-state index is 13.2. The van der Waals surface area contributed by atoms with Gasteiger partial charge in [-0.1, -0.05) is 23.6 Å². The van der Waals surface area contributed by atoms with Gasteiger partial charge < -0.3 is 4.74 Å². The smallest absolute Gasteiger partial charge is 0.337 e. The summed E-state index contributed by atoms with van der Waals surface area (Å²) in [6.45, 7) is 1.45. The zero-order valence-corrected chi connectivity index (χ0v) is 10.8. The van der Waals surface area contributed by atoms with Crippen LogP contribution in [0.2, 0.25) is 0 Å². The third-order valence-corrected chi connectivity index (χ3v) is 2.59. The number of hydrogen-bond donors (Lipinski definition) is 0. The molecule has 0 radical (unpaired) electrons. The number of rotatable bonds is 2. The van der Waals surface area contributed by atoms with Gasteiger partial charge >= 0.3 is 5.97 Å². The highest BCUT2D eigenvalue weighted by atomic mass is 32.2. The minimum absolute atomic E-state index is 0.0289. The van der Waals surface area contributed by atoms with E-state index in [1.807, 2.05) is 0 Å². The second-order valence-corrected chi connectivity index (χ2v) is 4.45. The molecule has 0 aliphatic rings. The summed E-state index contributed by atoms with van der Waals surface area (Å²) in [5, 5.41) is -0.0289. The van der Waals surface area contributed by atoms with Gasteiger partial charge in [-0.2, -0.15) is 0 Å². The first kappa shape index (κ1) is 14.3. The van der Waals surface area contributed by atoms with Gasteiger partial charge in [-0.25, -0.2) is 9.18 Å². The minimum Gasteiger partial charge on any atom is -0.465 e. The molecule has 0 fully saturated rings. The van der Waals surface area contributed by atoms with Gasteiger partial charge in [0.2, 0.25) is 0 Å². The Morgan fingerprint density at radius 3 is 2.72 bits per heavy atom. The van der Waals surface area contributed by atoms with Crippen LogP contribution < -0.4 is 0 Å². The van der Waals surface area contributed by atoms with E-state index in [0.717, 1.165) is 17.8 Å². The molecule has 0 aliphatic carbocycles. The molecule has 0 saturated heterocycles. The van der Waals surface area contributed by atoms with Crippen molar-refractivity contribution in [3.63, 3.8) is 0 Å². The van der Waals surface area contributed by atoms with Crippen LogP contribution in [-0.2, 0) is 9.53 Å². The van der Waals surface area contributed by atoms with Gasteiger partial charge in [0.15, 0.2) is 5.12 Å². The maximum absolute atomic E-state index is 13.2. The van der Waals surface area contributed by atoms with E-state index in [4.69, 9.17) is 0 Å². The predicted octanol–water partition coefficient (Wildman–Crippen LogP) is 2.24. The summed E-state index contributed by atoms with van der Waals surface area (Å²) in [5.74, 6) is 4.57. The lowest BCUT2D eigenvalue weighted by Gasteiger charge is -2.00. The fraction of sp³-hybridized carbons (Fsp3) is 0.231. The zero-order valence-electron chi connectivity index (χ0n) is 9.95. The Kier molecular flexibility index (Phi) is 5.40. The molecular formula is C13H11FO3S. The van der Waals surface area contributed by atoms with E-state index in [-0.39, 0.29) is 10.7 Å². The van der Waals surface area contributed by atoms with Gasteiger partial charge in [0.25, 0.3) is 0 Å². The average Bonchev–Trinajstić information content (AvgIpc) is 2.32. The van der Waals surface area contributed by atoms with Gasteiger partial charge in [-0.3, -0.25) is 4.79 Å². The molecule has 0 heterocycles. The minimum atomic E-state index is -0.615. The highest BCUT2D eigenvalue weighted by Crippen LogP contribution is 2.09. The standard InChI is InChI=1S/C13H11FO3S/c1-9(15)18-5-3-4-10-6-11(13(16)17-2)8-12(14)7-10/h6-8H,5H2,1-2H3. The van der Waals surface area contributed by atoms with Gasteiger partial charge in [0.05, 0.1) is 18.4 Å². The lowest BCUT2D eigenvalue weighted by atomic mass is 10.1. The lowest BCUT2D eigenvalue weighted by Crippen LogP contribution is -2.02. The lowest BCUT2D eigenvalue weighted by molar-refractivity contribution is -0.109. The summed E-state index contributed by atoms with van der Waals surface area (Å²) in [5.41, 5.74) is 0.487. The van der Waals surface area contributed by atoms with Crippen molar-refractivity contribution >= 4 is 22.8 Å². The molecule has 0 spiro atoms. The van der Waals surface area contributed by atoms with E-state index < -0.39 is 11.8 Å². The van der Waals surface area contributed by atoms with Crippen LogP contribution in [0.25, 0.3) is 0 Å². The molecule has 0 aliphatic heterocycles. The van der Waals surface area contributed by atoms with Crippen LogP contribution in [-0.4, -0.2) is 23.9 Å². The molecular weight excluding hydrogens is 255 g/mol. The quantitative estimate of drug-likeness (QED) is 0.608. The summed E-state index contributed by atoms with van der Waals surface area (Å²) in [4.78, 5) is 21.9. The van der Waals surface area contributed by atoms with Crippen LogP contribution in [0, 0.1) is 17.7 Å². The fourth-order valence-corrected chi connectivity index (χ4v) is 1.52. The number of carbonyl (C=O) groups excluding carboxylic acids is 2. The summed E-state index contributed by atoms with van der Waals surface area (Å²) in [6.07, 6.45) is 0.